The Labute approximate surface area is 117 Å². The molecule has 0 aliphatic heterocycles. The van der Waals surface area contributed by atoms with Crippen LogP contribution in [0.4, 0.5) is 0 Å². The highest BCUT2D eigenvalue weighted by Gasteiger charge is 2.09. The number of ether oxygens (including phenoxy) is 2. The smallest absolute Gasteiger partial charge is 0.338 e. The zero-order valence-corrected chi connectivity index (χ0v) is 11.6. The van der Waals surface area contributed by atoms with E-state index in [0.29, 0.717) is 17.3 Å². The molecule has 1 aromatic heterocycles. The Hall–Kier alpha value is -1.95. The second kappa shape index (κ2) is 5.79. The fourth-order valence-electron chi connectivity index (χ4n) is 1.44. The molecule has 0 spiro atoms. The van der Waals surface area contributed by atoms with Crippen molar-refractivity contribution in [2.24, 2.45) is 0 Å². The summed E-state index contributed by atoms with van der Waals surface area (Å²) in [6.07, 6.45) is 1.18. The van der Waals surface area contributed by atoms with Gasteiger partial charge in [0.2, 0.25) is 0 Å². The molecule has 1 aromatic carbocycles. The van der Waals surface area contributed by atoms with Crippen molar-refractivity contribution in [3.8, 4) is 11.5 Å². The van der Waals surface area contributed by atoms with E-state index >= 15 is 0 Å². The summed E-state index contributed by atoms with van der Waals surface area (Å²) in [6, 6.07) is 6.73. The molecular formula is C13H11BrO5. The first kappa shape index (κ1) is 13.5. The molecule has 2 rings (SSSR count). The Morgan fingerprint density at radius 1 is 1.42 bits per heavy atom. The number of furan rings is 1. The summed E-state index contributed by atoms with van der Waals surface area (Å²) < 4.78 is 16.4. The van der Waals surface area contributed by atoms with Crippen LogP contribution in [-0.4, -0.2) is 18.2 Å². The summed E-state index contributed by atoms with van der Waals surface area (Å²) in [4.78, 5) is 10.7. The largest absolute Gasteiger partial charge is 0.497 e. The molecule has 0 bridgehead atoms. The van der Waals surface area contributed by atoms with E-state index in [9.17, 15) is 4.79 Å². The molecule has 5 nitrogen and oxygen atoms in total. The molecule has 6 heteroatoms. The minimum absolute atomic E-state index is 0.104. The van der Waals surface area contributed by atoms with E-state index in [1.807, 2.05) is 0 Å². The van der Waals surface area contributed by atoms with Crippen LogP contribution in [0.15, 0.2) is 39.4 Å². The van der Waals surface area contributed by atoms with Gasteiger partial charge in [-0.2, -0.15) is 0 Å². The first-order valence-corrected chi connectivity index (χ1v) is 6.16. The lowest BCUT2D eigenvalue weighted by molar-refractivity contribution is 0.0696. The number of carboxylic acids is 1. The third-order valence-electron chi connectivity index (χ3n) is 2.41. The van der Waals surface area contributed by atoms with E-state index in [1.54, 1.807) is 25.3 Å². The average Bonchev–Trinajstić information content (AvgIpc) is 2.86. The van der Waals surface area contributed by atoms with Gasteiger partial charge in [0.25, 0.3) is 0 Å². The minimum Gasteiger partial charge on any atom is -0.497 e. The van der Waals surface area contributed by atoms with Crippen LogP contribution in [-0.2, 0) is 6.61 Å². The van der Waals surface area contributed by atoms with Crippen LogP contribution in [0, 0.1) is 0 Å². The molecule has 0 saturated heterocycles. The summed E-state index contributed by atoms with van der Waals surface area (Å²) in [7, 11) is 1.58. The van der Waals surface area contributed by atoms with Gasteiger partial charge in [-0.3, -0.25) is 0 Å². The van der Waals surface area contributed by atoms with E-state index in [0.717, 1.165) is 4.47 Å². The van der Waals surface area contributed by atoms with Gasteiger partial charge in [-0.1, -0.05) is 0 Å². The van der Waals surface area contributed by atoms with E-state index < -0.39 is 5.97 Å². The summed E-state index contributed by atoms with van der Waals surface area (Å²) >= 11 is 3.36. The zero-order valence-electron chi connectivity index (χ0n) is 10.1. The van der Waals surface area contributed by atoms with Crippen molar-refractivity contribution in [1.29, 1.82) is 0 Å². The van der Waals surface area contributed by atoms with Crippen molar-refractivity contribution in [2.45, 2.75) is 6.61 Å². The van der Waals surface area contributed by atoms with Gasteiger partial charge in [0, 0.05) is 0 Å². The monoisotopic (exact) mass is 326 g/mol. The number of hydrogen-bond donors (Lipinski definition) is 1. The second-order valence-corrected chi connectivity index (χ2v) is 4.55. The van der Waals surface area contributed by atoms with Crippen LogP contribution in [0.2, 0.25) is 0 Å². The summed E-state index contributed by atoms with van der Waals surface area (Å²) in [6.45, 7) is 0.151. The fourth-order valence-corrected chi connectivity index (χ4v) is 1.92. The van der Waals surface area contributed by atoms with Crippen molar-refractivity contribution in [3.63, 3.8) is 0 Å². The summed E-state index contributed by atoms with van der Waals surface area (Å²) in [5.74, 6) is 0.750. The molecule has 100 valence electrons. The Bertz CT molecular complexity index is 590. The Morgan fingerprint density at radius 2 is 2.21 bits per heavy atom. The molecule has 0 radical (unpaired) electrons. The lowest BCUT2D eigenvalue weighted by atomic mass is 10.3. The fraction of sp³-hybridized carbons (Fsp3) is 0.154. The highest BCUT2D eigenvalue weighted by molar-refractivity contribution is 9.10. The number of aromatic carboxylic acids is 1. The molecule has 0 saturated carbocycles. The van der Waals surface area contributed by atoms with Gasteiger partial charge < -0.3 is 19.0 Å². The van der Waals surface area contributed by atoms with Gasteiger partial charge in [0.15, 0.2) is 0 Å². The lowest BCUT2D eigenvalue weighted by Crippen LogP contribution is -1.96. The number of benzene rings is 1. The maximum atomic E-state index is 10.7. The maximum Gasteiger partial charge on any atom is 0.338 e. The Balaban J connectivity index is 2.03. The van der Waals surface area contributed by atoms with Crippen LogP contribution in [0.1, 0.15) is 16.1 Å². The van der Waals surface area contributed by atoms with E-state index in [2.05, 4.69) is 15.9 Å². The number of methoxy groups -OCH3 is 1. The molecule has 1 N–H and O–H groups in total. The molecule has 0 amide bonds. The van der Waals surface area contributed by atoms with E-state index in [-0.39, 0.29) is 12.2 Å². The topological polar surface area (TPSA) is 68.9 Å². The molecule has 1 heterocycles. The van der Waals surface area contributed by atoms with Crippen LogP contribution in [0.3, 0.4) is 0 Å². The number of carbonyl (C=O) groups is 1. The number of rotatable bonds is 5. The quantitative estimate of drug-likeness (QED) is 0.912. The normalized spacial score (nSPS) is 10.2. The third kappa shape index (κ3) is 3.29. The van der Waals surface area contributed by atoms with Crippen molar-refractivity contribution >= 4 is 21.9 Å². The first-order chi connectivity index (χ1) is 9.10. The third-order valence-corrected chi connectivity index (χ3v) is 3.03. The Kier molecular flexibility index (Phi) is 4.11. The van der Waals surface area contributed by atoms with Crippen LogP contribution >= 0.6 is 15.9 Å². The highest BCUT2D eigenvalue weighted by atomic mass is 79.9. The Morgan fingerprint density at radius 3 is 2.79 bits per heavy atom. The van der Waals surface area contributed by atoms with Gasteiger partial charge in [-0.05, 0) is 40.2 Å². The second-order valence-electron chi connectivity index (χ2n) is 3.69. The summed E-state index contributed by atoms with van der Waals surface area (Å²) in [5.41, 5.74) is 0.104. The van der Waals surface area contributed by atoms with E-state index in [1.165, 1.54) is 12.3 Å². The van der Waals surface area contributed by atoms with Gasteiger partial charge in [0.05, 0.1) is 17.1 Å². The number of hydrogen-bond acceptors (Lipinski definition) is 4. The van der Waals surface area contributed by atoms with Crippen molar-refractivity contribution < 1.29 is 23.8 Å². The molecule has 0 aliphatic carbocycles. The van der Waals surface area contributed by atoms with Crippen LogP contribution in [0.5, 0.6) is 11.5 Å². The molecule has 0 fully saturated rings. The zero-order chi connectivity index (χ0) is 13.8. The SMILES string of the molecule is COc1ccc(OCc2cc(C(=O)O)co2)c(Br)c1. The highest BCUT2D eigenvalue weighted by Crippen LogP contribution is 2.29. The first-order valence-electron chi connectivity index (χ1n) is 5.37. The maximum absolute atomic E-state index is 10.7. The molecule has 0 atom stereocenters. The minimum atomic E-state index is -1.03. The molecule has 0 unspecified atom stereocenters. The number of carboxylic acid groups (broad SMARTS) is 1. The summed E-state index contributed by atoms with van der Waals surface area (Å²) in [5, 5.41) is 8.76. The standard InChI is InChI=1S/C13H11BrO5/c1-17-9-2-3-12(11(14)5-9)19-7-10-4-8(6-18-10)13(15)16/h2-6H,7H2,1H3,(H,15,16). The molecular weight excluding hydrogens is 316 g/mol. The molecule has 0 aliphatic rings. The van der Waals surface area contributed by atoms with Crippen LogP contribution in [0.25, 0.3) is 0 Å². The predicted octanol–water partition coefficient (Wildman–Crippen LogP) is 3.33. The van der Waals surface area contributed by atoms with Crippen LogP contribution < -0.4 is 9.47 Å². The van der Waals surface area contributed by atoms with E-state index in [4.69, 9.17) is 19.0 Å². The van der Waals surface area contributed by atoms with Crippen molar-refractivity contribution in [3.05, 3.63) is 46.3 Å². The predicted molar refractivity (Wildman–Crippen MR) is 70.7 cm³/mol. The van der Waals surface area contributed by atoms with Gasteiger partial charge in [0.1, 0.15) is 30.1 Å². The molecule has 2 aromatic rings. The number of halogens is 1. The lowest BCUT2D eigenvalue weighted by Gasteiger charge is -2.08. The van der Waals surface area contributed by atoms with Gasteiger partial charge in [-0.25, -0.2) is 4.79 Å². The average molecular weight is 327 g/mol. The molecule has 19 heavy (non-hydrogen) atoms. The van der Waals surface area contributed by atoms with Gasteiger partial charge >= 0.3 is 5.97 Å². The van der Waals surface area contributed by atoms with Gasteiger partial charge in [-0.15, -0.1) is 0 Å². The van der Waals surface area contributed by atoms with Crippen molar-refractivity contribution in [2.75, 3.05) is 7.11 Å². The van der Waals surface area contributed by atoms with Crippen molar-refractivity contribution in [1.82, 2.24) is 0 Å².